The van der Waals surface area contributed by atoms with Crippen molar-refractivity contribution in [3.63, 3.8) is 0 Å². The van der Waals surface area contributed by atoms with E-state index in [0.717, 1.165) is 33.8 Å². The number of pyridine rings is 1. The summed E-state index contributed by atoms with van der Waals surface area (Å²) in [6.07, 6.45) is 2.50. The van der Waals surface area contributed by atoms with Crippen molar-refractivity contribution in [1.29, 1.82) is 0 Å². The molecule has 0 aliphatic carbocycles. The molecule has 3 aromatic heterocycles. The molecule has 0 unspecified atom stereocenters. The van der Waals surface area contributed by atoms with Gasteiger partial charge in [0.25, 0.3) is 5.91 Å². The number of thiophene rings is 1. The van der Waals surface area contributed by atoms with Gasteiger partial charge in [-0.15, -0.1) is 11.3 Å². The summed E-state index contributed by atoms with van der Waals surface area (Å²) in [5, 5.41) is 8.13. The number of benzene rings is 1. The predicted octanol–water partition coefficient (Wildman–Crippen LogP) is 5.63. The van der Waals surface area contributed by atoms with Gasteiger partial charge in [0.05, 0.1) is 29.4 Å². The molecule has 0 radical (unpaired) electrons. The van der Waals surface area contributed by atoms with E-state index in [1.54, 1.807) is 24.6 Å². The van der Waals surface area contributed by atoms with E-state index in [9.17, 15) is 9.59 Å². The summed E-state index contributed by atoms with van der Waals surface area (Å²) in [5.41, 5.74) is 4.73. The van der Waals surface area contributed by atoms with Gasteiger partial charge in [-0.05, 0) is 57.9 Å². The Morgan fingerprint density at radius 2 is 1.91 bits per heavy atom. The largest absolute Gasteiger partial charge is 0.332 e. The maximum absolute atomic E-state index is 13.6. The number of nitrogens with zero attached hydrogens (tertiary/aromatic N) is 4. The van der Waals surface area contributed by atoms with Crippen molar-refractivity contribution in [3.05, 3.63) is 63.5 Å². The van der Waals surface area contributed by atoms with Crippen molar-refractivity contribution in [2.24, 2.45) is 0 Å². The van der Waals surface area contributed by atoms with Gasteiger partial charge in [-0.1, -0.05) is 25.1 Å². The molecule has 4 rings (SSSR count). The molecule has 2 amide bonds. The number of amides is 2. The molecule has 0 saturated heterocycles. The normalized spacial score (nSPS) is 11.3. The van der Waals surface area contributed by atoms with Crippen molar-refractivity contribution >= 4 is 39.9 Å². The Morgan fingerprint density at radius 1 is 1.17 bits per heavy atom. The molecule has 0 aliphatic rings. The van der Waals surface area contributed by atoms with Crippen LogP contribution in [0.15, 0.2) is 42.6 Å². The Labute approximate surface area is 209 Å². The third kappa shape index (κ3) is 4.98. The quantitative estimate of drug-likeness (QED) is 0.365. The van der Waals surface area contributed by atoms with Crippen LogP contribution in [0, 0.1) is 13.8 Å². The molecule has 4 aromatic rings. The second-order valence-electron chi connectivity index (χ2n) is 9.02. The molecular formula is C27H31N5O2S. The van der Waals surface area contributed by atoms with Crippen LogP contribution in [0.4, 0.5) is 5.69 Å². The average Bonchev–Trinajstić information content (AvgIpc) is 3.40. The van der Waals surface area contributed by atoms with E-state index in [-0.39, 0.29) is 24.4 Å². The van der Waals surface area contributed by atoms with Crippen LogP contribution in [0.3, 0.4) is 0 Å². The SMILES string of the molecule is CCc1ccccc1NC(=O)CN(C)C(=O)c1cc(-c2cc(C)sc2C)nc2c1cnn2C(C)C. The number of hydrogen-bond donors (Lipinski definition) is 1. The van der Waals surface area contributed by atoms with E-state index in [0.29, 0.717) is 16.6 Å². The van der Waals surface area contributed by atoms with E-state index >= 15 is 0 Å². The van der Waals surface area contributed by atoms with Crippen molar-refractivity contribution in [2.75, 3.05) is 18.9 Å². The second kappa shape index (κ2) is 10.00. The topological polar surface area (TPSA) is 80.1 Å². The standard InChI is InChI=1S/C27H31N5O2S/c1-7-19-10-8-9-11-23(19)29-25(33)15-31(6)27(34)21-13-24(20-12-17(4)35-18(20)5)30-26-22(21)14-28-32(26)16(2)3/h8-14,16H,7,15H2,1-6H3,(H,29,33). The number of rotatable bonds is 7. The van der Waals surface area contributed by atoms with Crippen LogP contribution in [0.1, 0.15) is 52.5 Å². The van der Waals surface area contributed by atoms with Crippen LogP contribution in [-0.4, -0.2) is 45.1 Å². The number of likely N-dealkylation sites (N-methyl/N-ethyl adjacent to an activating group) is 1. The minimum absolute atomic E-state index is 0.0645. The fraction of sp³-hybridized carbons (Fsp3) is 0.333. The van der Waals surface area contributed by atoms with Crippen LogP contribution in [0.25, 0.3) is 22.3 Å². The Bertz CT molecular complexity index is 1400. The van der Waals surface area contributed by atoms with E-state index in [1.165, 1.54) is 9.78 Å². The molecule has 0 atom stereocenters. The molecule has 0 saturated carbocycles. The molecule has 0 bridgehead atoms. The smallest absolute Gasteiger partial charge is 0.254 e. The van der Waals surface area contributed by atoms with Crippen LogP contribution < -0.4 is 5.32 Å². The zero-order valence-corrected chi connectivity index (χ0v) is 21.9. The first kappa shape index (κ1) is 24.6. The minimum atomic E-state index is -0.245. The first-order chi connectivity index (χ1) is 16.7. The summed E-state index contributed by atoms with van der Waals surface area (Å²) in [7, 11) is 1.65. The van der Waals surface area contributed by atoms with E-state index in [1.807, 2.05) is 55.8 Å². The summed E-state index contributed by atoms with van der Waals surface area (Å²) in [5.74, 6) is -0.486. The van der Waals surface area contributed by atoms with E-state index in [2.05, 4.69) is 30.3 Å². The maximum Gasteiger partial charge on any atom is 0.254 e. The molecule has 7 nitrogen and oxygen atoms in total. The maximum atomic E-state index is 13.6. The fourth-order valence-corrected chi connectivity index (χ4v) is 5.16. The van der Waals surface area contributed by atoms with Crippen LogP contribution in [0.5, 0.6) is 0 Å². The summed E-state index contributed by atoms with van der Waals surface area (Å²) in [6, 6.07) is 11.7. The van der Waals surface area contributed by atoms with Crippen molar-refractivity contribution in [3.8, 4) is 11.3 Å². The lowest BCUT2D eigenvalue weighted by atomic mass is 10.1. The number of para-hydroxylation sites is 1. The predicted molar refractivity (Wildman–Crippen MR) is 142 cm³/mol. The lowest BCUT2D eigenvalue weighted by molar-refractivity contribution is -0.116. The Balaban J connectivity index is 1.67. The van der Waals surface area contributed by atoms with Crippen molar-refractivity contribution in [1.82, 2.24) is 19.7 Å². The number of aryl methyl sites for hydroxylation is 3. The molecule has 0 spiro atoms. The number of carbonyl (C=O) groups is 2. The number of carbonyl (C=O) groups excluding carboxylic acids is 2. The van der Waals surface area contributed by atoms with Gasteiger partial charge in [0.1, 0.15) is 0 Å². The Morgan fingerprint density at radius 3 is 2.57 bits per heavy atom. The lowest BCUT2D eigenvalue weighted by Crippen LogP contribution is -2.35. The second-order valence-corrected chi connectivity index (χ2v) is 10.5. The van der Waals surface area contributed by atoms with Gasteiger partial charge in [-0.25, -0.2) is 9.67 Å². The molecule has 0 fully saturated rings. The number of anilines is 1. The highest BCUT2D eigenvalue weighted by Gasteiger charge is 2.23. The summed E-state index contributed by atoms with van der Waals surface area (Å²) in [4.78, 5) is 35.1. The first-order valence-corrected chi connectivity index (χ1v) is 12.6. The third-order valence-electron chi connectivity index (χ3n) is 6.00. The monoisotopic (exact) mass is 489 g/mol. The van der Waals surface area contributed by atoms with Gasteiger partial charge < -0.3 is 10.2 Å². The van der Waals surface area contributed by atoms with Gasteiger partial charge in [0, 0.05) is 34.1 Å². The fourth-order valence-electron chi connectivity index (χ4n) is 4.23. The van der Waals surface area contributed by atoms with Gasteiger partial charge >= 0.3 is 0 Å². The van der Waals surface area contributed by atoms with Gasteiger partial charge in [0.15, 0.2) is 5.65 Å². The first-order valence-electron chi connectivity index (χ1n) is 11.8. The Hall–Kier alpha value is -3.52. The number of aromatic nitrogens is 3. The van der Waals surface area contributed by atoms with Crippen LogP contribution >= 0.6 is 11.3 Å². The molecule has 1 N–H and O–H groups in total. The van der Waals surface area contributed by atoms with Crippen molar-refractivity contribution in [2.45, 2.75) is 47.1 Å². The lowest BCUT2D eigenvalue weighted by Gasteiger charge is -2.19. The Kier molecular flexibility index (Phi) is 7.03. The van der Waals surface area contributed by atoms with Gasteiger partial charge in [-0.3, -0.25) is 9.59 Å². The van der Waals surface area contributed by atoms with Crippen LogP contribution in [-0.2, 0) is 11.2 Å². The summed E-state index contributed by atoms with van der Waals surface area (Å²) in [6.45, 7) is 10.2. The summed E-state index contributed by atoms with van der Waals surface area (Å²) >= 11 is 1.70. The highest BCUT2D eigenvalue weighted by Crippen LogP contribution is 2.33. The molecule has 8 heteroatoms. The highest BCUT2D eigenvalue weighted by molar-refractivity contribution is 7.12. The van der Waals surface area contributed by atoms with Gasteiger partial charge in [0.2, 0.25) is 5.91 Å². The number of hydrogen-bond acceptors (Lipinski definition) is 5. The molecular weight excluding hydrogens is 458 g/mol. The average molecular weight is 490 g/mol. The molecule has 35 heavy (non-hydrogen) atoms. The number of fused-ring (bicyclic) bond motifs is 1. The molecule has 1 aromatic carbocycles. The summed E-state index contributed by atoms with van der Waals surface area (Å²) < 4.78 is 1.83. The van der Waals surface area contributed by atoms with Crippen LogP contribution in [0.2, 0.25) is 0 Å². The van der Waals surface area contributed by atoms with E-state index in [4.69, 9.17) is 4.98 Å². The zero-order chi connectivity index (χ0) is 25.3. The van der Waals surface area contributed by atoms with E-state index < -0.39 is 0 Å². The minimum Gasteiger partial charge on any atom is -0.332 e. The van der Waals surface area contributed by atoms with Gasteiger partial charge in [-0.2, -0.15) is 5.10 Å². The van der Waals surface area contributed by atoms with Crippen molar-refractivity contribution < 1.29 is 9.59 Å². The molecule has 182 valence electrons. The third-order valence-corrected chi connectivity index (χ3v) is 6.97. The molecule has 0 aliphatic heterocycles. The highest BCUT2D eigenvalue weighted by atomic mass is 32.1. The number of nitrogens with one attached hydrogen (secondary N) is 1. The zero-order valence-electron chi connectivity index (χ0n) is 21.0. The molecule has 3 heterocycles.